The van der Waals surface area contributed by atoms with Gasteiger partial charge in [-0.15, -0.1) is 0 Å². The first-order valence-electron chi connectivity index (χ1n) is 6.01. The minimum Gasteiger partial charge on any atom is -0.457 e. The van der Waals surface area contributed by atoms with E-state index in [-0.39, 0.29) is 6.04 Å². The lowest BCUT2D eigenvalue weighted by Gasteiger charge is -2.08. The van der Waals surface area contributed by atoms with Crippen molar-refractivity contribution in [1.82, 2.24) is 4.98 Å². The number of furan rings is 1. The molecule has 0 fully saturated rings. The normalized spacial score (nSPS) is 12.8. The molecule has 0 spiro atoms. The third-order valence-corrected chi connectivity index (χ3v) is 3.79. The number of aryl methyl sites for hydroxylation is 1. The van der Waals surface area contributed by atoms with Crippen LogP contribution in [0.1, 0.15) is 23.1 Å². The number of halogens is 1. The molecule has 0 saturated heterocycles. The largest absolute Gasteiger partial charge is 0.457 e. The van der Waals surface area contributed by atoms with Crippen molar-refractivity contribution >= 4 is 33.7 Å². The van der Waals surface area contributed by atoms with E-state index >= 15 is 0 Å². The molecule has 96 valence electrons. The van der Waals surface area contributed by atoms with Crippen molar-refractivity contribution in [3.05, 3.63) is 63.1 Å². The highest BCUT2D eigenvalue weighted by Gasteiger charge is 2.14. The van der Waals surface area contributed by atoms with Gasteiger partial charge in [0, 0.05) is 15.3 Å². The Morgan fingerprint density at radius 3 is 2.63 bits per heavy atom. The Hall–Kier alpha value is -1.40. The molecule has 0 aliphatic carbocycles. The molecule has 0 bridgehead atoms. The van der Waals surface area contributed by atoms with Crippen molar-refractivity contribution in [3.8, 4) is 0 Å². The molecule has 2 heterocycles. The second-order valence-corrected chi connectivity index (χ2v) is 5.76. The fourth-order valence-corrected chi connectivity index (χ4v) is 2.39. The molecule has 3 nitrogen and oxygen atoms in total. The maximum absolute atomic E-state index is 6.24. The van der Waals surface area contributed by atoms with Gasteiger partial charge in [-0.25, -0.2) is 4.98 Å². The van der Waals surface area contributed by atoms with E-state index in [1.165, 1.54) is 3.57 Å². The van der Waals surface area contributed by atoms with Gasteiger partial charge in [-0.2, -0.15) is 0 Å². The SMILES string of the molecule is Cc1ccc2oc(C(N)c3ccc(I)cc3)cc2n1. The number of fused-ring (bicyclic) bond motifs is 1. The van der Waals surface area contributed by atoms with Gasteiger partial charge in [-0.05, 0) is 59.3 Å². The molecule has 0 aliphatic rings. The molecule has 3 aromatic rings. The summed E-state index contributed by atoms with van der Waals surface area (Å²) in [7, 11) is 0. The van der Waals surface area contributed by atoms with Gasteiger partial charge in [0.15, 0.2) is 5.58 Å². The minimum absolute atomic E-state index is 0.258. The number of rotatable bonds is 2. The average molecular weight is 364 g/mol. The lowest BCUT2D eigenvalue weighted by atomic mass is 10.1. The van der Waals surface area contributed by atoms with E-state index in [9.17, 15) is 0 Å². The van der Waals surface area contributed by atoms with Crippen molar-refractivity contribution in [2.24, 2.45) is 5.73 Å². The predicted molar refractivity (Wildman–Crippen MR) is 83.9 cm³/mol. The fourth-order valence-electron chi connectivity index (χ4n) is 2.03. The highest BCUT2D eigenvalue weighted by molar-refractivity contribution is 14.1. The Kier molecular flexibility index (Phi) is 3.28. The molecule has 1 unspecified atom stereocenters. The van der Waals surface area contributed by atoms with Crippen LogP contribution >= 0.6 is 22.6 Å². The molecule has 3 rings (SSSR count). The zero-order chi connectivity index (χ0) is 13.4. The molecule has 2 N–H and O–H groups in total. The van der Waals surface area contributed by atoms with Gasteiger partial charge >= 0.3 is 0 Å². The van der Waals surface area contributed by atoms with Crippen LogP contribution in [0.25, 0.3) is 11.1 Å². The van der Waals surface area contributed by atoms with E-state index in [0.717, 1.165) is 28.1 Å². The molecule has 19 heavy (non-hydrogen) atoms. The lowest BCUT2D eigenvalue weighted by molar-refractivity contribution is 0.525. The number of nitrogens with zero attached hydrogens (tertiary/aromatic N) is 1. The van der Waals surface area contributed by atoms with Crippen molar-refractivity contribution in [2.75, 3.05) is 0 Å². The van der Waals surface area contributed by atoms with Crippen molar-refractivity contribution in [2.45, 2.75) is 13.0 Å². The van der Waals surface area contributed by atoms with Crippen LogP contribution in [0, 0.1) is 10.5 Å². The molecule has 0 amide bonds. The summed E-state index contributed by atoms with van der Waals surface area (Å²) in [6.07, 6.45) is 0. The van der Waals surface area contributed by atoms with Gasteiger partial charge in [0.2, 0.25) is 0 Å². The number of benzene rings is 1. The lowest BCUT2D eigenvalue weighted by Crippen LogP contribution is -2.10. The smallest absolute Gasteiger partial charge is 0.152 e. The molecule has 0 aliphatic heterocycles. The summed E-state index contributed by atoms with van der Waals surface area (Å²) in [5.41, 5.74) is 9.89. The quantitative estimate of drug-likeness (QED) is 0.704. The maximum Gasteiger partial charge on any atom is 0.152 e. The Bertz CT molecular complexity index is 719. The molecule has 0 saturated carbocycles. The van der Waals surface area contributed by atoms with Crippen molar-refractivity contribution in [3.63, 3.8) is 0 Å². The summed E-state index contributed by atoms with van der Waals surface area (Å²) in [6, 6.07) is 13.7. The summed E-state index contributed by atoms with van der Waals surface area (Å²) in [5.74, 6) is 0.745. The van der Waals surface area contributed by atoms with E-state index in [1.54, 1.807) is 0 Å². The molecular weight excluding hydrogens is 351 g/mol. The molecule has 1 atom stereocenters. The van der Waals surface area contributed by atoms with E-state index < -0.39 is 0 Å². The highest BCUT2D eigenvalue weighted by Crippen LogP contribution is 2.26. The summed E-state index contributed by atoms with van der Waals surface area (Å²) in [4.78, 5) is 4.44. The van der Waals surface area contributed by atoms with Gasteiger partial charge in [-0.1, -0.05) is 12.1 Å². The first-order valence-corrected chi connectivity index (χ1v) is 7.09. The zero-order valence-corrected chi connectivity index (χ0v) is 12.6. The maximum atomic E-state index is 6.24. The first-order chi connectivity index (χ1) is 9.13. The van der Waals surface area contributed by atoms with Gasteiger partial charge in [0.1, 0.15) is 11.3 Å². The number of aromatic nitrogens is 1. The van der Waals surface area contributed by atoms with Gasteiger partial charge in [0.05, 0.1) is 6.04 Å². The second-order valence-electron chi connectivity index (χ2n) is 4.51. The molecule has 1 aromatic carbocycles. The van der Waals surface area contributed by atoms with Crippen molar-refractivity contribution < 1.29 is 4.42 Å². The van der Waals surface area contributed by atoms with Crippen LogP contribution in [0.15, 0.2) is 46.9 Å². The Balaban J connectivity index is 2.01. The van der Waals surface area contributed by atoms with Crippen LogP contribution in [-0.4, -0.2) is 4.98 Å². The van der Waals surface area contributed by atoms with Crippen LogP contribution < -0.4 is 5.73 Å². The van der Waals surface area contributed by atoms with Crippen LogP contribution in [0.2, 0.25) is 0 Å². The van der Waals surface area contributed by atoms with Crippen LogP contribution in [0.4, 0.5) is 0 Å². The van der Waals surface area contributed by atoms with E-state index in [0.29, 0.717) is 0 Å². The number of hydrogen-bond donors (Lipinski definition) is 1. The number of nitrogens with two attached hydrogens (primary N) is 1. The molecule has 2 aromatic heterocycles. The first kappa shape index (κ1) is 12.6. The summed E-state index contributed by atoms with van der Waals surface area (Å²) in [5, 5.41) is 0. The monoisotopic (exact) mass is 364 g/mol. The summed E-state index contributed by atoms with van der Waals surface area (Å²) < 4.78 is 6.97. The third kappa shape index (κ3) is 2.50. The number of pyridine rings is 1. The average Bonchev–Trinajstić information content (AvgIpc) is 2.81. The van der Waals surface area contributed by atoms with E-state index in [1.807, 2.05) is 49.4 Å². The Morgan fingerprint density at radius 1 is 1.16 bits per heavy atom. The standard InChI is InChI=1S/C15H13IN2O/c1-9-2-7-13-12(18-9)8-14(19-13)15(17)10-3-5-11(16)6-4-10/h2-8,15H,17H2,1H3. The van der Waals surface area contributed by atoms with Gasteiger partial charge in [-0.3, -0.25) is 0 Å². The summed E-state index contributed by atoms with van der Waals surface area (Å²) in [6.45, 7) is 1.96. The van der Waals surface area contributed by atoms with Crippen LogP contribution in [-0.2, 0) is 0 Å². The van der Waals surface area contributed by atoms with Gasteiger partial charge in [0.25, 0.3) is 0 Å². The summed E-state index contributed by atoms with van der Waals surface area (Å²) >= 11 is 2.28. The molecule has 4 heteroatoms. The second kappa shape index (κ2) is 4.94. The zero-order valence-electron chi connectivity index (χ0n) is 10.4. The minimum atomic E-state index is -0.258. The third-order valence-electron chi connectivity index (χ3n) is 3.07. The fraction of sp³-hybridized carbons (Fsp3) is 0.133. The Labute approximate surface area is 125 Å². The van der Waals surface area contributed by atoms with Crippen LogP contribution in [0.5, 0.6) is 0 Å². The van der Waals surface area contributed by atoms with Crippen molar-refractivity contribution in [1.29, 1.82) is 0 Å². The molecule has 0 radical (unpaired) electrons. The predicted octanol–water partition coefficient (Wildman–Crippen LogP) is 3.79. The Morgan fingerprint density at radius 2 is 1.89 bits per heavy atom. The van der Waals surface area contributed by atoms with E-state index in [2.05, 4.69) is 27.6 Å². The molecular formula is C15H13IN2O. The van der Waals surface area contributed by atoms with Crippen LogP contribution in [0.3, 0.4) is 0 Å². The number of hydrogen-bond acceptors (Lipinski definition) is 3. The van der Waals surface area contributed by atoms with Gasteiger partial charge < -0.3 is 10.2 Å². The van der Waals surface area contributed by atoms with E-state index in [4.69, 9.17) is 10.2 Å². The highest BCUT2D eigenvalue weighted by atomic mass is 127. The topological polar surface area (TPSA) is 52.0 Å².